The summed E-state index contributed by atoms with van der Waals surface area (Å²) in [6.07, 6.45) is -1.29. The van der Waals surface area contributed by atoms with Gasteiger partial charge in [0.05, 0.1) is 18.2 Å². The van der Waals surface area contributed by atoms with Crippen molar-refractivity contribution in [3.05, 3.63) is 29.6 Å². The van der Waals surface area contributed by atoms with E-state index in [0.29, 0.717) is 0 Å². The largest absolute Gasteiger partial charge is 0.478 e. The van der Waals surface area contributed by atoms with Gasteiger partial charge in [-0.15, -0.1) is 0 Å². The molecule has 1 aromatic rings. The summed E-state index contributed by atoms with van der Waals surface area (Å²) in [5.74, 6) is -2.27. The second kappa shape index (κ2) is 5.82. The van der Waals surface area contributed by atoms with Gasteiger partial charge < -0.3 is 14.6 Å². The lowest BCUT2D eigenvalue weighted by Crippen LogP contribution is -2.31. The molecule has 0 saturated carbocycles. The van der Waals surface area contributed by atoms with Crippen molar-refractivity contribution in [3.8, 4) is 11.8 Å². The summed E-state index contributed by atoms with van der Waals surface area (Å²) in [6, 6.07) is 5.28. The van der Waals surface area contributed by atoms with Crippen LogP contribution >= 0.6 is 0 Å². The van der Waals surface area contributed by atoms with Crippen LogP contribution in [0.3, 0.4) is 0 Å². The van der Waals surface area contributed by atoms with E-state index in [2.05, 4.69) is 4.74 Å². The summed E-state index contributed by atoms with van der Waals surface area (Å²) in [4.78, 5) is 10.7. The number of carboxylic acid groups (broad SMARTS) is 1. The Hall–Kier alpha value is -2.13. The van der Waals surface area contributed by atoms with Gasteiger partial charge in [0.15, 0.2) is 11.6 Å². The van der Waals surface area contributed by atoms with Crippen molar-refractivity contribution in [1.29, 1.82) is 5.26 Å². The lowest BCUT2D eigenvalue weighted by molar-refractivity contribution is -0.147. The minimum atomic E-state index is -1.29. The van der Waals surface area contributed by atoms with Crippen molar-refractivity contribution in [2.45, 2.75) is 6.10 Å². The predicted octanol–water partition coefficient (Wildman–Crippen LogP) is 1.18. The van der Waals surface area contributed by atoms with Crippen LogP contribution in [-0.4, -0.2) is 30.9 Å². The number of carbonyl (C=O) groups is 1. The van der Waals surface area contributed by atoms with Crippen LogP contribution in [0.1, 0.15) is 5.56 Å². The number of hydrogen-bond donors (Lipinski definition) is 1. The van der Waals surface area contributed by atoms with Gasteiger partial charge in [-0.1, -0.05) is 0 Å². The first-order valence-electron chi connectivity index (χ1n) is 4.66. The maximum atomic E-state index is 13.4. The zero-order chi connectivity index (χ0) is 12.8. The highest BCUT2D eigenvalue weighted by molar-refractivity contribution is 5.73. The van der Waals surface area contributed by atoms with Crippen molar-refractivity contribution in [3.63, 3.8) is 0 Å². The van der Waals surface area contributed by atoms with Crippen LogP contribution in [0, 0.1) is 17.1 Å². The molecule has 1 atom stereocenters. The first-order valence-corrected chi connectivity index (χ1v) is 4.66. The topological polar surface area (TPSA) is 79.5 Å². The van der Waals surface area contributed by atoms with E-state index in [1.54, 1.807) is 6.07 Å². The molecule has 0 fully saturated rings. The normalized spacial score (nSPS) is 11.6. The second-order valence-corrected chi connectivity index (χ2v) is 3.16. The molecule has 0 radical (unpaired) electrons. The fourth-order valence-electron chi connectivity index (χ4n) is 1.13. The summed E-state index contributed by atoms with van der Waals surface area (Å²) in [7, 11) is 1.31. The molecule has 0 aliphatic heterocycles. The zero-order valence-corrected chi connectivity index (χ0v) is 9.01. The number of aliphatic carboxylic acids is 1. The van der Waals surface area contributed by atoms with Crippen LogP contribution < -0.4 is 4.74 Å². The number of nitrogens with zero attached hydrogens (tertiary/aromatic N) is 1. The number of nitriles is 1. The van der Waals surface area contributed by atoms with Crippen molar-refractivity contribution >= 4 is 5.97 Å². The lowest BCUT2D eigenvalue weighted by atomic mass is 10.2. The van der Waals surface area contributed by atoms with E-state index in [0.717, 1.165) is 6.07 Å². The molecule has 0 aliphatic rings. The molecular weight excluding hydrogens is 229 g/mol. The molecule has 0 amide bonds. The third-order valence-corrected chi connectivity index (χ3v) is 1.92. The minimum absolute atomic E-state index is 0.133. The third kappa shape index (κ3) is 3.43. The molecule has 90 valence electrons. The Bertz CT molecular complexity index is 455. The number of hydrogen-bond acceptors (Lipinski definition) is 4. The van der Waals surface area contributed by atoms with Crippen molar-refractivity contribution < 1.29 is 23.8 Å². The molecule has 0 saturated heterocycles. The highest BCUT2D eigenvalue weighted by Crippen LogP contribution is 2.19. The maximum Gasteiger partial charge on any atom is 0.347 e. The maximum absolute atomic E-state index is 13.4. The van der Waals surface area contributed by atoms with E-state index in [9.17, 15) is 9.18 Å². The number of ether oxygens (including phenoxy) is 2. The van der Waals surface area contributed by atoms with Crippen LogP contribution in [0.25, 0.3) is 0 Å². The van der Waals surface area contributed by atoms with Crippen LogP contribution in [0.5, 0.6) is 5.75 Å². The molecule has 0 aliphatic carbocycles. The van der Waals surface area contributed by atoms with E-state index < -0.39 is 17.9 Å². The summed E-state index contributed by atoms with van der Waals surface area (Å²) < 4.78 is 23.0. The Morgan fingerprint density at radius 1 is 1.65 bits per heavy atom. The molecule has 0 bridgehead atoms. The average molecular weight is 239 g/mol. The summed E-state index contributed by atoms with van der Waals surface area (Å²) in [5.41, 5.74) is 0.133. The van der Waals surface area contributed by atoms with Crippen molar-refractivity contribution in [1.82, 2.24) is 0 Å². The van der Waals surface area contributed by atoms with Crippen molar-refractivity contribution in [2.75, 3.05) is 13.7 Å². The molecule has 17 heavy (non-hydrogen) atoms. The quantitative estimate of drug-likeness (QED) is 0.834. The van der Waals surface area contributed by atoms with Gasteiger partial charge in [0.25, 0.3) is 0 Å². The fourth-order valence-corrected chi connectivity index (χ4v) is 1.13. The SMILES string of the molecule is COCC(Oc1ccc(C#N)cc1F)C(=O)O. The number of carboxylic acids is 1. The molecule has 1 aromatic carbocycles. The lowest BCUT2D eigenvalue weighted by Gasteiger charge is -2.14. The van der Waals surface area contributed by atoms with Crippen LogP contribution in [0.15, 0.2) is 18.2 Å². The van der Waals surface area contributed by atoms with Gasteiger partial charge in [-0.2, -0.15) is 5.26 Å². The molecular formula is C11H10FNO4. The smallest absolute Gasteiger partial charge is 0.347 e. The highest BCUT2D eigenvalue weighted by Gasteiger charge is 2.20. The second-order valence-electron chi connectivity index (χ2n) is 3.16. The molecule has 6 heteroatoms. The van der Waals surface area contributed by atoms with Gasteiger partial charge in [0.2, 0.25) is 6.10 Å². The Labute approximate surface area is 97.0 Å². The Morgan fingerprint density at radius 2 is 2.35 bits per heavy atom. The van der Waals surface area contributed by atoms with Gasteiger partial charge in [0.1, 0.15) is 0 Å². The fraction of sp³-hybridized carbons (Fsp3) is 0.273. The standard InChI is InChI=1S/C11H10FNO4/c1-16-6-10(11(14)15)17-9-3-2-7(5-13)4-8(9)12/h2-4,10H,6H2,1H3,(H,14,15). The van der Waals surface area contributed by atoms with E-state index in [-0.39, 0.29) is 17.9 Å². The molecule has 1 rings (SSSR count). The highest BCUT2D eigenvalue weighted by atomic mass is 19.1. The molecule has 1 N–H and O–H groups in total. The van der Waals surface area contributed by atoms with Crippen LogP contribution in [0.2, 0.25) is 0 Å². The number of benzene rings is 1. The Morgan fingerprint density at radius 3 is 2.82 bits per heavy atom. The Kier molecular flexibility index (Phi) is 4.43. The van der Waals surface area contributed by atoms with E-state index >= 15 is 0 Å². The number of rotatable bonds is 5. The first-order chi connectivity index (χ1) is 8.08. The van der Waals surface area contributed by atoms with E-state index in [1.165, 1.54) is 19.2 Å². The van der Waals surface area contributed by atoms with E-state index in [4.69, 9.17) is 15.1 Å². The predicted molar refractivity (Wildman–Crippen MR) is 55.0 cm³/mol. The van der Waals surface area contributed by atoms with Gasteiger partial charge >= 0.3 is 5.97 Å². The van der Waals surface area contributed by atoms with Gasteiger partial charge in [-0.05, 0) is 18.2 Å². The van der Waals surface area contributed by atoms with E-state index in [1.807, 2.05) is 0 Å². The number of methoxy groups -OCH3 is 1. The molecule has 1 unspecified atom stereocenters. The van der Waals surface area contributed by atoms with Gasteiger partial charge in [-0.3, -0.25) is 0 Å². The molecule has 0 spiro atoms. The molecule has 0 aromatic heterocycles. The summed E-state index contributed by atoms with van der Waals surface area (Å²) >= 11 is 0. The average Bonchev–Trinajstić information content (AvgIpc) is 2.30. The van der Waals surface area contributed by atoms with Crippen molar-refractivity contribution in [2.24, 2.45) is 0 Å². The first kappa shape index (κ1) is 12.9. The van der Waals surface area contributed by atoms with Crippen LogP contribution in [-0.2, 0) is 9.53 Å². The number of halogens is 1. The molecule has 0 heterocycles. The monoisotopic (exact) mass is 239 g/mol. The van der Waals surface area contributed by atoms with Gasteiger partial charge in [0, 0.05) is 7.11 Å². The van der Waals surface area contributed by atoms with Crippen LogP contribution in [0.4, 0.5) is 4.39 Å². The zero-order valence-electron chi connectivity index (χ0n) is 9.01. The summed E-state index contributed by atoms with van der Waals surface area (Å²) in [6.45, 7) is -0.200. The Balaban J connectivity index is 2.87. The third-order valence-electron chi connectivity index (χ3n) is 1.92. The summed E-state index contributed by atoms with van der Waals surface area (Å²) in [5, 5.41) is 17.3. The molecule has 5 nitrogen and oxygen atoms in total. The minimum Gasteiger partial charge on any atom is -0.478 e. The van der Waals surface area contributed by atoms with Gasteiger partial charge in [-0.25, -0.2) is 9.18 Å².